The van der Waals surface area contributed by atoms with Crippen LogP contribution in [0.25, 0.3) is 0 Å². The molecule has 2 N–H and O–H groups in total. The van der Waals surface area contributed by atoms with Crippen molar-refractivity contribution < 1.29 is 9.90 Å². The largest absolute Gasteiger partial charge is 0.480 e. The lowest BCUT2D eigenvalue weighted by Gasteiger charge is -2.33. The molecule has 2 fully saturated rings. The number of aliphatic carboxylic acids is 1. The Labute approximate surface area is 147 Å². The zero-order chi connectivity index (χ0) is 17.0. The molecule has 7 heteroatoms. The second kappa shape index (κ2) is 7.80. The topological polar surface area (TPSA) is 78.4 Å². The van der Waals surface area contributed by atoms with E-state index in [0.717, 1.165) is 61.8 Å². The third-order valence-corrected chi connectivity index (χ3v) is 6.14. The summed E-state index contributed by atoms with van der Waals surface area (Å²) in [5.41, 5.74) is 1.15. The summed E-state index contributed by atoms with van der Waals surface area (Å²) in [5, 5.41) is 13.8. The van der Waals surface area contributed by atoms with Gasteiger partial charge >= 0.3 is 5.97 Å². The maximum atomic E-state index is 11.7. The van der Waals surface area contributed by atoms with Crippen molar-refractivity contribution in [2.75, 3.05) is 25.4 Å². The molecular weight excluding hydrogens is 324 g/mol. The second-order valence-electron chi connectivity index (χ2n) is 6.94. The van der Waals surface area contributed by atoms with Crippen LogP contribution < -0.4 is 5.32 Å². The van der Waals surface area contributed by atoms with Crippen LogP contribution in [0.3, 0.4) is 0 Å². The van der Waals surface area contributed by atoms with E-state index in [-0.39, 0.29) is 5.41 Å². The fourth-order valence-electron chi connectivity index (χ4n) is 3.80. The average molecular weight is 350 g/mol. The zero-order valence-electron chi connectivity index (χ0n) is 14.2. The molecule has 0 bridgehead atoms. The zero-order valence-corrected chi connectivity index (χ0v) is 15.0. The third kappa shape index (κ3) is 4.07. The highest BCUT2D eigenvalue weighted by Gasteiger charge is 2.47. The van der Waals surface area contributed by atoms with Gasteiger partial charge in [0.25, 0.3) is 0 Å². The van der Waals surface area contributed by atoms with Gasteiger partial charge in [-0.1, -0.05) is 18.7 Å². The standard InChI is InChI=1S/C17H26N4O2S/c1-2-7-24-16-19-9-13(10-20-16)11-21-12-17(3-5-18-6-4-17)8-14(21)15(22)23/h9-10,14,18H,2-8,11-12H2,1H3,(H,22,23)/t14-/m1/s1. The molecule has 0 radical (unpaired) electrons. The molecule has 3 heterocycles. The second-order valence-corrected chi connectivity index (χ2v) is 8.00. The van der Waals surface area contributed by atoms with Crippen LogP contribution in [0.15, 0.2) is 17.6 Å². The number of nitrogens with one attached hydrogen (secondary N) is 1. The van der Waals surface area contributed by atoms with E-state index in [2.05, 4.69) is 27.1 Å². The Balaban J connectivity index is 1.67. The first kappa shape index (κ1) is 17.6. The maximum Gasteiger partial charge on any atom is 0.320 e. The van der Waals surface area contributed by atoms with Gasteiger partial charge in [-0.2, -0.15) is 0 Å². The summed E-state index contributed by atoms with van der Waals surface area (Å²) in [4.78, 5) is 22.6. The molecule has 1 aromatic rings. The van der Waals surface area contributed by atoms with Gasteiger partial charge in [-0.05, 0) is 44.2 Å². The van der Waals surface area contributed by atoms with Crippen LogP contribution in [0.4, 0.5) is 0 Å². The van der Waals surface area contributed by atoms with Crippen LogP contribution in [0.5, 0.6) is 0 Å². The molecule has 2 aliphatic rings. The van der Waals surface area contributed by atoms with Gasteiger partial charge in [-0.3, -0.25) is 9.69 Å². The van der Waals surface area contributed by atoms with E-state index >= 15 is 0 Å². The van der Waals surface area contributed by atoms with Crippen molar-refractivity contribution in [3.05, 3.63) is 18.0 Å². The van der Waals surface area contributed by atoms with Gasteiger partial charge in [0.1, 0.15) is 6.04 Å². The van der Waals surface area contributed by atoms with E-state index in [1.54, 1.807) is 11.8 Å². The number of hydrogen-bond donors (Lipinski definition) is 2. The number of thioether (sulfide) groups is 1. The van der Waals surface area contributed by atoms with E-state index < -0.39 is 12.0 Å². The summed E-state index contributed by atoms with van der Waals surface area (Å²) < 4.78 is 0. The number of likely N-dealkylation sites (tertiary alicyclic amines) is 1. The van der Waals surface area contributed by atoms with Crippen molar-refractivity contribution in [2.45, 2.75) is 50.4 Å². The number of hydrogen-bond acceptors (Lipinski definition) is 6. The number of piperidine rings is 1. The van der Waals surface area contributed by atoms with Crippen LogP contribution in [0.2, 0.25) is 0 Å². The summed E-state index contributed by atoms with van der Waals surface area (Å²) in [6.45, 7) is 5.60. The van der Waals surface area contributed by atoms with Gasteiger partial charge in [0.2, 0.25) is 0 Å². The lowest BCUT2D eigenvalue weighted by Crippen LogP contribution is -2.38. The predicted molar refractivity (Wildman–Crippen MR) is 94.0 cm³/mol. The van der Waals surface area contributed by atoms with Gasteiger partial charge in [0, 0.05) is 36.8 Å². The highest BCUT2D eigenvalue weighted by Crippen LogP contribution is 2.42. The van der Waals surface area contributed by atoms with Crippen molar-refractivity contribution in [1.82, 2.24) is 20.2 Å². The minimum atomic E-state index is -0.707. The Morgan fingerprint density at radius 2 is 2.12 bits per heavy atom. The van der Waals surface area contributed by atoms with Crippen molar-refractivity contribution in [1.29, 1.82) is 0 Å². The van der Waals surface area contributed by atoms with E-state index in [9.17, 15) is 9.90 Å². The number of nitrogens with zero attached hydrogens (tertiary/aromatic N) is 3. The first-order chi connectivity index (χ1) is 11.6. The van der Waals surface area contributed by atoms with Gasteiger partial charge in [-0.15, -0.1) is 0 Å². The van der Waals surface area contributed by atoms with E-state index in [1.165, 1.54) is 0 Å². The molecule has 0 aliphatic carbocycles. The van der Waals surface area contributed by atoms with Gasteiger partial charge in [0.15, 0.2) is 5.16 Å². The van der Waals surface area contributed by atoms with E-state index in [0.29, 0.717) is 6.54 Å². The number of carboxylic acid groups (broad SMARTS) is 1. The number of rotatable bonds is 6. The fraction of sp³-hybridized carbons (Fsp3) is 0.706. The van der Waals surface area contributed by atoms with E-state index in [1.807, 2.05) is 12.4 Å². The third-order valence-electron chi connectivity index (χ3n) is 5.06. The predicted octanol–water partition coefficient (Wildman–Crippen LogP) is 2.01. The van der Waals surface area contributed by atoms with Crippen LogP contribution in [-0.2, 0) is 11.3 Å². The highest BCUT2D eigenvalue weighted by atomic mass is 32.2. The quantitative estimate of drug-likeness (QED) is 0.600. The molecule has 24 heavy (non-hydrogen) atoms. The Morgan fingerprint density at radius 3 is 2.75 bits per heavy atom. The van der Waals surface area contributed by atoms with Crippen LogP contribution >= 0.6 is 11.8 Å². The minimum Gasteiger partial charge on any atom is -0.480 e. The van der Waals surface area contributed by atoms with Gasteiger partial charge in [0.05, 0.1) is 0 Å². The summed E-state index contributed by atoms with van der Waals surface area (Å²) in [6.07, 6.45) is 7.68. The first-order valence-corrected chi connectivity index (χ1v) is 9.72. The van der Waals surface area contributed by atoms with Crippen LogP contribution in [0, 0.1) is 5.41 Å². The number of aromatic nitrogens is 2. The summed E-state index contributed by atoms with van der Waals surface area (Å²) >= 11 is 1.66. The van der Waals surface area contributed by atoms with Crippen LogP contribution in [0.1, 0.15) is 38.2 Å². The Morgan fingerprint density at radius 1 is 1.42 bits per heavy atom. The SMILES string of the molecule is CCCSc1ncc(CN2CC3(CCNCC3)C[C@@H]2C(=O)O)cn1. The number of carboxylic acids is 1. The first-order valence-electron chi connectivity index (χ1n) is 8.73. The van der Waals surface area contributed by atoms with E-state index in [4.69, 9.17) is 0 Å². The molecule has 6 nitrogen and oxygen atoms in total. The molecule has 2 aliphatic heterocycles. The van der Waals surface area contributed by atoms with Crippen molar-refractivity contribution in [3.8, 4) is 0 Å². The maximum absolute atomic E-state index is 11.7. The molecule has 2 saturated heterocycles. The van der Waals surface area contributed by atoms with Crippen molar-refractivity contribution in [2.24, 2.45) is 5.41 Å². The molecule has 0 amide bonds. The Kier molecular flexibility index (Phi) is 5.73. The van der Waals surface area contributed by atoms with Gasteiger partial charge < -0.3 is 10.4 Å². The molecule has 1 atom stereocenters. The number of carbonyl (C=O) groups is 1. The molecule has 0 unspecified atom stereocenters. The van der Waals surface area contributed by atoms with Crippen LogP contribution in [-0.4, -0.2) is 57.4 Å². The molecule has 0 aromatic carbocycles. The summed E-state index contributed by atoms with van der Waals surface area (Å²) in [5.74, 6) is 0.310. The Bertz CT molecular complexity index is 560. The molecule has 1 aromatic heterocycles. The molecule has 132 valence electrons. The van der Waals surface area contributed by atoms with Crippen molar-refractivity contribution >= 4 is 17.7 Å². The van der Waals surface area contributed by atoms with Gasteiger partial charge in [-0.25, -0.2) is 9.97 Å². The average Bonchev–Trinajstić information content (AvgIpc) is 2.93. The van der Waals surface area contributed by atoms with Crippen molar-refractivity contribution in [3.63, 3.8) is 0 Å². The lowest BCUT2D eigenvalue weighted by molar-refractivity contribution is -0.142. The fourth-order valence-corrected chi connectivity index (χ4v) is 4.44. The monoisotopic (exact) mass is 350 g/mol. The normalized spacial score (nSPS) is 23.6. The summed E-state index contributed by atoms with van der Waals surface area (Å²) in [7, 11) is 0. The summed E-state index contributed by atoms with van der Waals surface area (Å²) in [6, 6.07) is -0.391. The molecular formula is C17H26N4O2S. The molecule has 3 rings (SSSR count). The smallest absolute Gasteiger partial charge is 0.320 e. The molecule has 1 spiro atoms. The Hall–Kier alpha value is -1.18. The minimum absolute atomic E-state index is 0.159. The lowest BCUT2D eigenvalue weighted by atomic mass is 9.77. The molecule has 0 saturated carbocycles. The highest BCUT2D eigenvalue weighted by molar-refractivity contribution is 7.99.